The van der Waals surface area contributed by atoms with Crippen LogP contribution >= 0.6 is 11.8 Å². The molecule has 3 aromatic rings. The number of amides is 2. The topological polar surface area (TPSA) is 88.9 Å². The molecule has 7 nitrogen and oxygen atoms in total. The molecular formula is C21H22FN5O2S. The predicted octanol–water partition coefficient (Wildman–Crippen LogP) is 3.56. The quantitative estimate of drug-likeness (QED) is 0.537. The van der Waals surface area contributed by atoms with Gasteiger partial charge in [-0.1, -0.05) is 30.0 Å². The van der Waals surface area contributed by atoms with Crippen molar-refractivity contribution >= 4 is 35.0 Å². The number of hydrogen-bond donors (Lipinski definition) is 2. The molecule has 0 saturated heterocycles. The minimum atomic E-state index is -0.357. The standard InChI is InChI=1S/C21H22FN5O2S/c1-14-5-3-4-6-17(14)24-20(29)13-30-21-26-25-18(27(21)2)11-12-19(28)23-16-9-7-15(22)8-10-16/h3-10H,11-13H2,1-2H3,(H,23,28)(H,24,29). The molecule has 1 aromatic heterocycles. The average Bonchev–Trinajstić information content (AvgIpc) is 3.08. The van der Waals surface area contributed by atoms with E-state index in [2.05, 4.69) is 20.8 Å². The SMILES string of the molecule is Cc1ccccc1NC(=O)CSc1nnc(CCC(=O)Nc2ccc(F)cc2)n1C. The Morgan fingerprint density at radius 2 is 1.77 bits per heavy atom. The zero-order valence-electron chi connectivity index (χ0n) is 16.7. The third kappa shape index (κ3) is 5.90. The number of anilines is 2. The van der Waals surface area contributed by atoms with E-state index in [-0.39, 0.29) is 29.8 Å². The van der Waals surface area contributed by atoms with Crippen molar-refractivity contribution in [1.29, 1.82) is 0 Å². The van der Waals surface area contributed by atoms with Crippen molar-refractivity contribution < 1.29 is 14.0 Å². The van der Waals surface area contributed by atoms with Crippen LogP contribution in [-0.4, -0.2) is 32.3 Å². The van der Waals surface area contributed by atoms with Crippen LogP contribution in [0.1, 0.15) is 17.8 Å². The van der Waals surface area contributed by atoms with Crippen LogP contribution < -0.4 is 10.6 Å². The fourth-order valence-electron chi connectivity index (χ4n) is 2.70. The number of aryl methyl sites for hydroxylation is 2. The van der Waals surface area contributed by atoms with E-state index < -0.39 is 0 Å². The minimum Gasteiger partial charge on any atom is -0.326 e. The van der Waals surface area contributed by atoms with Gasteiger partial charge in [0.1, 0.15) is 11.6 Å². The lowest BCUT2D eigenvalue weighted by molar-refractivity contribution is -0.116. The van der Waals surface area contributed by atoms with Crippen LogP contribution in [0.15, 0.2) is 53.7 Å². The highest BCUT2D eigenvalue weighted by Crippen LogP contribution is 2.18. The summed E-state index contributed by atoms with van der Waals surface area (Å²) in [4.78, 5) is 24.3. The summed E-state index contributed by atoms with van der Waals surface area (Å²) in [5, 5.41) is 14.4. The summed E-state index contributed by atoms with van der Waals surface area (Å²) in [6.07, 6.45) is 0.605. The molecular weight excluding hydrogens is 405 g/mol. The van der Waals surface area contributed by atoms with Crippen molar-refractivity contribution in [1.82, 2.24) is 14.8 Å². The largest absolute Gasteiger partial charge is 0.326 e. The Balaban J connectivity index is 1.48. The summed E-state index contributed by atoms with van der Waals surface area (Å²) in [5.41, 5.74) is 2.32. The maximum absolute atomic E-state index is 12.9. The molecule has 0 aliphatic heterocycles. The molecule has 2 amide bonds. The molecule has 1 heterocycles. The molecule has 2 aromatic carbocycles. The number of rotatable bonds is 8. The maximum atomic E-state index is 12.9. The summed E-state index contributed by atoms with van der Waals surface area (Å²) in [6, 6.07) is 13.2. The Kier molecular flexibility index (Phi) is 7.18. The number of thioether (sulfide) groups is 1. The van der Waals surface area contributed by atoms with E-state index in [4.69, 9.17) is 0 Å². The zero-order chi connectivity index (χ0) is 21.5. The predicted molar refractivity (Wildman–Crippen MR) is 115 cm³/mol. The molecule has 2 N–H and O–H groups in total. The Bertz CT molecular complexity index is 1040. The second kappa shape index (κ2) is 10.0. The highest BCUT2D eigenvalue weighted by molar-refractivity contribution is 7.99. The number of hydrogen-bond acceptors (Lipinski definition) is 5. The molecule has 0 aliphatic carbocycles. The van der Waals surface area contributed by atoms with Gasteiger partial charge in [0.2, 0.25) is 11.8 Å². The number of nitrogens with one attached hydrogen (secondary N) is 2. The van der Waals surface area contributed by atoms with Crippen molar-refractivity contribution in [3.8, 4) is 0 Å². The normalized spacial score (nSPS) is 10.6. The number of benzene rings is 2. The molecule has 0 fully saturated rings. The number of aromatic nitrogens is 3. The molecule has 0 aliphatic rings. The number of nitrogens with zero attached hydrogens (tertiary/aromatic N) is 3. The van der Waals surface area contributed by atoms with Crippen molar-refractivity contribution in [2.75, 3.05) is 16.4 Å². The van der Waals surface area contributed by atoms with E-state index in [0.29, 0.717) is 23.1 Å². The average molecular weight is 428 g/mol. The molecule has 0 saturated carbocycles. The summed E-state index contributed by atoms with van der Waals surface area (Å²) in [5.74, 6) is 0.162. The van der Waals surface area contributed by atoms with E-state index >= 15 is 0 Å². The van der Waals surface area contributed by atoms with Gasteiger partial charge in [0.05, 0.1) is 5.75 Å². The smallest absolute Gasteiger partial charge is 0.234 e. The first kappa shape index (κ1) is 21.5. The Labute approximate surface area is 178 Å². The van der Waals surface area contributed by atoms with Crippen LogP contribution in [0.5, 0.6) is 0 Å². The van der Waals surface area contributed by atoms with Crippen LogP contribution in [0.4, 0.5) is 15.8 Å². The molecule has 30 heavy (non-hydrogen) atoms. The van der Waals surface area contributed by atoms with Gasteiger partial charge in [-0.05, 0) is 42.8 Å². The number of para-hydroxylation sites is 1. The van der Waals surface area contributed by atoms with E-state index in [1.807, 2.05) is 31.2 Å². The summed E-state index contributed by atoms with van der Waals surface area (Å²) >= 11 is 1.28. The van der Waals surface area contributed by atoms with Crippen molar-refractivity contribution in [2.45, 2.75) is 24.9 Å². The van der Waals surface area contributed by atoms with Crippen molar-refractivity contribution in [2.24, 2.45) is 7.05 Å². The van der Waals surface area contributed by atoms with Crippen LogP contribution in [0.2, 0.25) is 0 Å². The van der Waals surface area contributed by atoms with Crippen molar-refractivity contribution in [3.63, 3.8) is 0 Å². The minimum absolute atomic E-state index is 0.127. The zero-order valence-corrected chi connectivity index (χ0v) is 17.5. The fraction of sp³-hybridized carbons (Fsp3) is 0.238. The van der Waals surface area contributed by atoms with E-state index in [0.717, 1.165) is 11.3 Å². The van der Waals surface area contributed by atoms with E-state index in [1.165, 1.54) is 36.0 Å². The van der Waals surface area contributed by atoms with Gasteiger partial charge in [0.15, 0.2) is 5.16 Å². The lowest BCUT2D eigenvalue weighted by atomic mass is 10.2. The van der Waals surface area contributed by atoms with Crippen LogP contribution in [0, 0.1) is 12.7 Å². The maximum Gasteiger partial charge on any atom is 0.234 e. The van der Waals surface area contributed by atoms with Gasteiger partial charge in [-0.25, -0.2) is 4.39 Å². The highest BCUT2D eigenvalue weighted by atomic mass is 32.2. The van der Waals surface area contributed by atoms with E-state index in [9.17, 15) is 14.0 Å². The molecule has 0 radical (unpaired) electrons. The summed E-state index contributed by atoms with van der Waals surface area (Å²) in [6.45, 7) is 1.93. The Morgan fingerprint density at radius 1 is 1.03 bits per heavy atom. The molecule has 3 rings (SSSR count). The van der Waals surface area contributed by atoms with Gasteiger partial charge in [-0.2, -0.15) is 0 Å². The van der Waals surface area contributed by atoms with Crippen LogP contribution in [0.25, 0.3) is 0 Å². The second-order valence-electron chi connectivity index (χ2n) is 6.66. The van der Waals surface area contributed by atoms with Gasteiger partial charge in [-0.15, -0.1) is 10.2 Å². The molecule has 0 atom stereocenters. The molecule has 9 heteroatoms. The number of carbonyl (C=O) groups is 2. The van der Waals surface area contributed by atoms with Gasteiger partial charge < -0.3 is 15.2 Å². The first-order valence-corrected chi connectivity index (χ1v) is 10.3. The van der Waals surface area contributed by atoms with Gasteiger partial charge in [-0.3, -0.25) is 9.59 Å². The van der Waals surface area contributed by atoms with E-state index in [1.54, 1.807) is 11.6 Å². The second-order valence-corrected chi connectivity index (χ2v) is 7.61. The fourth-order valence-corrected chi connectivity index (χ4v) is 3.43. The molecule has 0 bridgehead atoms. The van der Waals surface area contributed by atoms with Gasteiger partial charge >= 0.3 is 0 Å². The van der Waals surface area contributed by atoms with Gasteiger partial charge in [0.25, 0.3) is 0 Å². The first-order valence-electron chi connectivity index (χ1n) is 9.34. The number of carbonyl (C=O) groups excluding carboxylic acids is 2. The van der Waals surface area contributed by atoms with Gasteiger partial charge in [0, 0.05) is 31.3 Å². The summed E-state index contributed by atoms with van der Waals surface area (Å²) in [7, 11) is 1.80. The Hall–Kier alpha value is -3.20. The van der Waals surface area contributed by atoms with Crippen LogP contribution in [-0.2, 0) is 23.1 Å². The number of halogens is 1. The third-order valence-electron chi connectivity index (χ3n) is 4.38. The highest BCUT2D eigenvalue weighted by Gasteiger charge is 2.13. The molecule has 0 spiro atoms. The van der Waals surface area contributed by atoms with Crippen molar-refractivity contribution in [3.05, 3.63) is 65.7 Å². The first-order chi connectivity index (χ1) is 14.4. The lowest BCUT2D eigenvalue weighted by Crippen LogP contribution is -2.15. The monoisotopic (exact) mass is 427 g/mol. The molecule has 156 valence electrons. The Morgan fingerprint density at radius 3 is 2.50 bits per heavy atom. The summed E-state index contributed by atoms with van der Waals surface area (Å²) < 4.78 is 14.7. The molecule has 0 unspecified atom stereocenters. The van der Waals surface area contributed by atoms with Crippen LogP contribution in [0.3, 0.4) is 0 Å². The lowest BCUT2D eigenvalue weighted by Gasteiger charge is -2.08. The third-order valence-corrected chi connectivity index (χ3v) is 5.40.